The van der Waals surface area contributed by atoms with E-state index in [2.05, 4.69) is 26.5 Å². The van der Waals surface area contributed by atoms with Gasteiger partial charge in [0, 0.05) is 55.5 Å². The first-order valence-corrected chi connectivity index (χ1v) is 14.8. The molecule has 0 aromatic rings. The third-order valence-corrected chi connectivity index (χ3v) is 12.6. The topological polar surface area (TPSA) is 120 Å². The molecule has 218 valence electrons. The Balaban J connectivity index is 1.44. The van der Waals surface area contributed by atoms with Gasteiger partial charge in [-0.3, -0.25) is 19.2 Å². The molecule has 8 heteroatoms. The summed E-state index contributed by atoms with van der Waals surface area (Å²) in [5.41, 5.74) is -0.795. The van der Waals surface area contributed by atoms with Gasteiger partial charge in [-0.1, -0.05) is 40.3 Å². The van der Waals surface area contributed by atoms with Gasteiger partial charge < -0.3 is 19.3 Å². The number of epoxide rings is 1. The first-order chi connectivity index (χ1) is 18.7. The van der Waals surface area contributed by atoms with Crippen LogP contribution in [0.25, 0.3) is 0 Å². The van der Waals surface area contributed by atoms with Crippen molar-refractivity contribution < 1.29 is 38.5 Å². The Morgan fingerprint density at radius 1 is 1.15 bits per heavy atom. The van der Waals surface area contributed by atoms with Crippen molar-refractivity contribution in [2.75, 3.05) is 6.61 Å². The van der Waals surface area contributed by atoms with E-state index in [1.165, 1.54) is 13.8 Å². The van der Waals surface area contributed by atoms with Gasteiger partial charge >= 0.3 is 11.9 Å². The molecule has 1 unspecified atom stereocenters. The number of allylic oxidation sites excluding steroid dienone is 2. The molecule has 0 aromatic heterocycles. The van der Waals surface area contributed by atoms with Crippen LogP contribution in [0, 0.1) is 51.2 Å². The Hall–Kier alpha value is -2.32. The van der Waals surface area contributed by atoms with Crippen LogP contribution in [0.1, 0.15) is 67.2 Å². The minimum absolute atomic E-state index is 0.0102. The summed E-state index contributed by atoms with van der Waals surface area (Å²) >= 11 is 0. The molecule has 1 aliphatic heterocycles. The fourth-order valence-corrected chi connectivity index (χ4v) is 10.6. The second-order valence-electron chi connectivity index (χ2n) is 14.2. The van der Waals surface area contributed by atoms with Crippen molar-refractivity contribution >= 4 is 23.5 Å². The second kappa shape index (κ2) is 8.60. The highest BCUT2D eigenvalue weighted by Crippen LogP contribution is 2.89. The number of hydrogen-bond donors (Lipinski definition) is 1. The lowest BCUT2D eigenvalue weighted by atomic mass is 9.43. The van der Waals surface area contributed by atoms with E-state index < -0.39 is 47.2 Å². The summed E-state index contributed by atoms with van der Waals surface area (Å²) in [6.07, 6.45) is 5.38. The molecule has 40 heavy (non-hydrogen) atoms. The third kappa shape index (κ3) is 3.32. The largest absolute Gasteiger partial charge is 0.462 e. The van der Waals surface area contributed by atoms with Gasteiger partial charge in [-0.25, -0.2) is 0 Å². The molecule has 5 aliphatic carbocycles. The van der Waals surface area contributed by atoms with E-state index in [1.54, 1.807) is 13.0 Å². The molecule has 1 heterocycles. The predicted octanol–water partition coefficient (Wildman–Crippen LogP) is 3.59. The van der Waals surface area contributed by atoms with Crippen molar-refractivity contribution in [2.24, 2.45) is 51.2 Å². The van der Waals surface area contributed by atoms with Crippen LogP contribution >= 0.6 is 0 Å². The molecule has 6 rings (SSSR count). The second-order valence-corrected chi connectivity index (χ2v) is 14.2. The summed E-state index contributed by atoms with van der Waals surface area (Å²) in [4.78, 5) is 51.4. The smallest absolute Gasteiger partial charge is 0.303 e. The Morgan fingerprint density at radius 3 is 2.48 bits per heavy atom. The summed E-state index contributed by atoms with van der Waals surface area (Å²) in [6.45, 7) is 14.5. The molecule has 2 spiro atoms. The van der Waals surface area contributed by atoms with Gasteiger partial charge in [0.25, 0.3) is 0 Å². The van der Waals surface area contributed by atoms with Crippen LogP contribution in [-0.4, -0.2) is 59.6 Å². The Kier molecular flexibility index (Phi) is 5.98. The predicted molar refractivity (Wildman–Crippen MR) is 143 cm³/mol. The Bertz CT molecular complexity index is 1240. The summed E-state index contributed by atoms with van der Waals surface area (Å²) in [5.74, 6) is -2.11. The van der Waals surface area contributed by atoms with Crippen molar-refractivity contribution in [1.82, 2.24) is 0 Å². The molecule has 0 aromatic carbocycles. The number of ketones is 2. The number of rotatable bonds is 7. The van der Waals surface area contributed by atoms with Gasteiger partial charge in [-0.05, 0) is 53.6 Å². The molecular formula is C32H42O8. The standard InChI is InChI=1S/C32H42O8/c1-15(13-33)16(2)24(37)25(39-19(5)35)23-21(38-18(4)34)12-30(7)28-27-26(40-27)22-17(3)20(36)8-9-31(22)14-32(28,31)11-10-29(23,30)6/h8-9,15,17,21-23,25-28,33H,2,10-14H2,1,3-7H3/t15-,17+,21-,22+,23?,25+,26-,27-,28-,29+,30-,31+,32-/m0/s1. The minimum atomic E-state index is -1.18. The monoisotopic (exact) mass is 554 g/mol. The SMILES string of the molecule is C=C(C(=O)[C@H](OC(C)=O)C1[C@@H](OC(C)=O)C[C@@]2(C)[C@@H]3[C@H]4O[C@H]4[C@H]4[C@H](C)C(=O)C=C[C@@]45C[C@@]35CC[C@]12C)[C@@H](C)CO. The van der Waals surface area contributed by atoms with Crippen molar-refractivity contribution in [2.45, 2.75) is 91.6 Å². The van der Waals surface area contributed by atoms with E-state index in [4.69, 9.17) is 14.2 Å². The van der Waals surface area contributed by atoms with Crippen molar-refractivity contribution in [3.8, 4) is 0 Å². The number of aliphatic hydroxyl groups is 1. The fraction of sp³-hybridized carbons (Fsp3) is 0.750. The number of fused-ring (bicyclic) bond motifs is 5. The number of aliphatic hydroxyl groups excluding tert-OH is 1. The number of Topliss-reactive ketones (excluding diaryl/α,β-unsaturated/α-hetero) is 1. The Morgan fingerprint density at radius 2 is 1.85 bits per heavy atom. The van der Waals surface area contributed by atoms with Gasteiger partial charge in [0.2, 0.25) is 0 Å². The van der Waals surface area contributed by atoms with E-state index in [0.717, 1.165) is 19.3 Å². The summed E-state index contributed by atoms with van der Waals surface area (Å²) in [5, 5.41) is 9.73. The van der Waals surface area contributed by atoms with Gasteiger partial charge in [0.05, 0.1) is 12.2 Å². The van der Waals surface area contributed by atoms with Crippen LogP contribution in [0.2, 0.25) is 0 Å². The van der Waals surface area contributed by atoms with E-state index in [9.17, 15) is 24.3 Å². The van der Waals surface area contributed by atoms with Gasteiger partial charge in [0.1, 0.15) is 6.10 Å². The van der Waals surface area contributed by atoms with Crippen LogP contribution in [0.5, 0.6) is 0 Å². The van der Waals surface area contributed by atoms with Crippen molar-refractivity contribution in [3.63, 3.8) is 0 Å². The number of hydrogen-bond acceptors (Lipinski definition) is 8. The molecular weight excluding hydrogens is 512 g/mol. The van der Waals surface area contributed by atoms with E-state index in [-0.39, 0.29) is 64.2 Å². The third-order valence-electron chi connectivity index (χ3n) is 12.6. The summed E-state index contributed by atoms with van der Waals surface area (Å²) in [6, 6.07) is 0. The lowest BCUT2D eigenvalue weighted by molar-refractivity contribution is -0.172. The average Bonchev–Trinajstić information content (AvgIpc) is 3.77. The maximum absolute atomic E-state index is 13.9. The van der Waals surface area contributed by atoms with Crippen molar-refractivity contribution in [3.05, 3.63) is 24.3 Å². The van der Waals surface area contributed by atoms with Crippen LogP contribution in [0.15, 0.2) is 24.3 Å². The zero-order valence-electron chi connectivity index (χ0n) is 24.4. The normalized spacial score (nSPS) is 48.8. The first kappa shape index (κ1) is 27.8. The van der Waals surface area contributed by atoms with Crippen LogP contribution in [0.4, 0.5) is 0 Å². The lowest BCUT2D eigenvalue weighted by Crippen LogP contribution is -2.59. The van der Waals surface area contributed by atoms with Crippen LogP contribution in [0.3, 0.4) is 0 Å². The highest BCUT2D eigenvalue weighted by molar-refractivity contribution is 6.00. The van der Waals surface area contributed by atoms with E-state index in [1.807, 2.05) is 6.92 Å². The van der Waals surface area contributed by atoms with Crippen LogP contribution in [-0.2, 0) is 33.4 Å². The van der Waals surface area contributed by atoms with Gasteiger partial charge in [-0.15, -0.1) is 0 Å². The molecule has 1 N–H and O–H groups in total. The number of carbonyl (C=O) groups excluding carboxylic acids is 4. The number of ether oxygens (including phenoxy) is 3. The molecule has 8 nitrogen and oxygen atoms in total. The zero-order valence-corrected chi connectivity index (χ0v) is 24.4. The maximum Gasteiger partial charge on any atom is 0.303 e. The van der Waals surface area contributed by atoms with E-state index in [0.29, 0.717) is 6.42 Å². The highest BCUT2D eigenvalue weighted by atomic mass is 16.6. The lowest BCUT2D eigenvalue weighted by Gasteiger charge is -2.59. The minimum Gasteiger partial charge on any atom is -0.462 e. The average molecular weight is 555 g/mol. The van der Waals surface area contributed by atoms with Gasteiger partial charge in [-0.2, -0.15) is 0 Å². The summed E-state index contributed by atoms with van der Waals surface area (Å²) < 4.78 is 18.2. The molecule has 13 atom stereocenters. The number of esters is 2. The van der Waals surface area contributed by atoms with Crippen molar-refractivity contribution in [1.29, 1.82) is 0 Å². The molecule has 1 saturated heterocycles. The van der Waals surface area contributed by atoms with Crippen LogP contribution < -0.4 is 0 Å². The highest BCUT2D eigenvalue weighted by Gasteiger charge is 2.88. The molecule has 0 bridgehead atoms. The van der Waals surface area contributed by atoms with Gasteiger partial charge in [0.15, 0.2) is 17.7 Å². The quantitative estimate of drug-likeness (QED) is 0.288. The Labute approximate surface area is 235 Å². The number of carbonyl (C=O) groups is 4. The molecule has 4 saturated carbocycles. The summed E-state index contributed by atoms with van der Waals surface area (Å²) in [7, 11) is 0. The fourth-order valence-electron chi connectivity index (χ4n) is 10.6. The van der Waals surface area contributed by atoms with E-state index >= 15 is 0 Å². The maximum atomic E-state index is 13.9. The molecule has 0 amide bonds. The molecule has 6 aliphatic rings. The first-order valence-electron chi connectivity index (χ1n) is 14.8. The molecule has 5 fully saturated rings. The zero-order chi connectivity index (χ0) is 29.2. The molecule has 0 radical (unpaired) electrons.